The summed E-state index contributed by atoms with van der Waals surface area (Å²) in [5, 5.41) is 7.55. The molecule has 55 heavy (non-hydrogen) atoms. The minimum Gasteiger partial charge on any atom is -0.308 e. The molecule has 9 aromatic carbocycles. The molecule has 0 saturated carbocycles. The summed E-state index contributed by atoms with van der Waals surface area (Å²) < 4.78 is 5.01. The summed E-state index contributed by atoms with van der Waals surface area (Å²) in [6.07, 6.45) is 0. The fourth-order valence-corrected chi connectivity index (χ4v) is 9.73. The normalized spacial score (nSPS) is 11.6. The average Bonchev–Trinajstić information content (AvgIpc) is 3.81. The lowest BCUT2D eigenvalue weighted by molar-refractivity contribution is 1.15. The quantitative estimate of drug-likeness (QED) is 0.166. The number of hydrogen-bond donors (Lipinski definition) is 0. The van der Waals surface area contributed by atoms with Crippen LogP contribution in [0.25, 0.3) is 80.7 Å². The van der Waals surface area contributed by atoms with Crippen molar-refractivity contribution in [1.82, 2.24) is 4.57 Å². The standard InChI is InChI=1S/C52H34N2S/c1-2-15-35(16-3-1)39-22-12-17-37-18-13-23-40(51(37)39)36-31-33-38(34-32-36)53(48-28-14-30-50-52(48)43-21-6-11-29-49(43)55-50)46-26-9-10-27-47(46)54-44-24-7-4-19-41(44)42-20-5-8-25-45(42)54/h1-34H. The van der Waals surface area contributed by atoms with E-state index in [9.17, 15) is 0 Å². The number of hydrogen-bond acceptors (Lipinski definition) is 2. The van der Waals surface area contributed by atoms with Crippen LogP contribution in [-0.4, -0.2) is 4.57 Å². The summed E-state index contributed by atoms with van der Waals surface area (Å²) >= 11 is 1.86. The maximum atomic E-state index is 2.47. The zero-order valence-corrected chi connectivity index (χ0v) is 30.7. The lowest BCUT2D eigenvalue weighted by atomic mass is 9.91. The van der Waals surface area contributed by atoms with Crippen LogP contribution in [0, 0.1) is 0 Å². The highest BCUT2D eigenvalue weighted by Crippen LogP contribution is 2.48. The molecule has 0 saturated heterocycles. The number of anilines is 3. The van der Waals surface area contributed by atoms with E-state index in [0.29, 0.717) is 0 Å². The molecule has 0 bridgehead atoms. The smallest absolute Gasteiger partial charge is 0.0702 e. The second-order valence-electron chi connectivity index (χ2n) is 14.1. The van der Waals surface area contributed by atoms with Gasteiger partial charge in [-0.25, -0.2) is 0 Å². The van der Waals surface area contributed by atoms with Crippen LogP contribution < -0.4 is 4.90 Å². The summed E-state index contributed by atoms with van der Waals surface area (Å²) in [4.78, 5) is 2.47. The first-order valence-corrected chi connectivity index (χ1v) is 19.6. The van der Waals surface area contributed by atoms with Crippen LogP contribution in [0.15, 0.2) is 206 Å². The highest BCUT2D eigenvalue weighted by molar-refractivity contribution is 7.26. The second kappa shape index (κ2) is 12.9. The number of fused-ring (bicyclic) bond motifs is 7. The largest absolute Gasteiger partial charge is 0.308 e. The van der Waals surface area contributed by atoms with E-state index in [2.05, 4.69) is 216 Å². The second-order valence-corrected chi connectivity index (χ2v) is 15.1. The SMILES string of the molecule is c1ccc(-c2cccc3cccc(-c4ccc(N(c5ccccc5-n5c6ccccc6c6ccccc65)c5cccc6sc7ccccc7c56)cc4)c23)cc1. The van der Waals surface area contributed by atoms with Gasteiger partial charge < -0.3 is 9.47 Å². The predicted molar refractivity (Wildman–Crippen MR) is 237 cm³/mol. The number of benzene rings is 9. The van der Waals surface area contributed by atoms with Crippen molar-refractivity contribution in [3.05, 3.63) is 206 Å². The maximum absolute atomic E-state index is 2.47. The van der Waals surface area contributed by atoms with Gasteiger partial charge in [-0.15, -0.1) is 11.3 Å². The van der Waals surface area contributed by atoms with Crippen molar-refractivity contribution in [3.8, 4) is 27.9 Å². The van der Waals surface area contributed by atoms with Crippen LogP contribution in [0.1, 0.15) is 0 Å². The Balaban J connectivity index is 1.16. The van der Waals surface area contributed by atoms with Crippen LogP contribution in [0.2, 0.25) is 0 Å². The first-order valence-electron chi connectivity index (χ1n) is 18.8. The van der Waals surface area contributed by atoms with Crippen molar-refractivity contribution >= 4 is 81.1 Å². The highest BCUT2D eigenvalue weighted by Gasteiger charge is 2.23. The zero-order chi connectivity index (χ0) is 36.3. The summed E-state index contributed by atoms with van der Waals surface area (Å²) in [6.45, 7) is 0. The van der Waals surface area contributed by atoms with E-state index in [1.165, 1.54) is 75.0 Å². The topological polar surface area (TPSA) is 8.17 Å². The summed E-state index contributed by atoms with van der Waals surface area (Å²) in [6, 6.07) is 75.2. The van der Waals surface area contributed by atoms with E-state index in [4.69, 9.17) is 0 Å². The Morgan fingerprint density at radius 1 is 0.364 bits per heavy atom. The molecular weight excluding hydrogens is 685 g/mol. The molecule has 0 spiro atoms. The van der Waals surface area contributed by atoms with E-state index in [-0.39, 0.29) is 0 Å². The third kappa shape index (κ3) is 5.09. The van der Waals surface area contributed by atoms with Crippen molar-refractivity contribution < 1.29 is 0 Å². The third-order valence-corrected chi connectivity index (χ3v) is 12.1. The molecule has 11 aromatic rings. The Morgan fingerprint density at radius 2 is 0.909 bits per heavy atom. The van der Waals surface area contributed by atoms with Crippen LogP contribution in [-0.2, 0) is 0 Å². The van der Waals surface area contributed by atoms with Crippen molar-refractivity contribution in [2.75, 3.05) is 4.90 Å². The summed E-state index contributed by atoms with van der Waals surface area (Å²) in [5.41, 5.74) is 11.8. The third-order valence-electron chi connectivity index (χ3n) is 11.0. The van der Waals surface area contributed by atoms with Gasteiger partial charge in [-0.3, -0.25) is 0 Å². The first-order chi connectivity index (χ1) is 27.3. The first kappa shape index (κ1) is 31.6. The Hall–Kier alpha value is -6.94. The van der Waals surface area contributed by atoms with Crippen LogP contribution >= 0.6 is 11.3 Å². The molecule has 0 amide bonds. The Kier molecular flexibility index (Phi) is 7.39. The summed E-state index contributed by atoms with van der Waals surface area (Å²) in [7, 11) is 0. The van der Waals surface area contributed by atoms with Crippen LogP contribution in [0.5, 0.6) is 0 Å². The van der Waals surface area contributed by atoms with Gasteiger partial charge in [-0.05, 0) is 87.6 Å². The van der Waals surface area contributed by atoms with Crippen molar-refractivity contribution in [3.63, 3.8) is 0 Å². The molecule has 3 heteroatoms. The molecule has 0 aliphatic heterocycles. The minimum absolute atomic E-state index is 1.10. The maximum Gasteiger partial charge on any atom is 0.0702 e. The van der Waals surface area contributed by atoms with Gasteiger partial charge >= 0.3 is 0 Å². The fourth-order valence-electron chi connectivity index (χ4n) is 8.60. The minimum atomic E-state index is 1.10. The van der Waals surface area contributed by atoms with Gasteiger partial charge in [-0.1, -0.05) is 152 Å². The van der Waals surface area contributed by atoms with Gasteiger partial charge in [0.05, 0.1) is 28.1 Å². The van der Waals surface area contributed by atoms with Gasteiger partial charge in [0.1, 0.15) is 0 Å². The zero-order valence-electron chi connectivity index (χ0n) is 29.9. The number of aromatic nitrogens is 1. The molecule has 0 radical (unpaired) electrons. The predicted octanol–water partition coefficient (Wildman–Crippen LogP) is 15.1. The van der Waals surface area contributed by atoms with Crippen LogP contribution in [0.4, 0.5) is 17.1 Å². The molecule has 0 N–H and O–H groups in total. The monoisotopic (exact) mass is 718 g/mol. The van der Waals surface area contributed by atoms with Crippen molar-refractivity contribution in [2.24, 2.45) is 0 Å². The number of thiophene rings is 1. The molecule has 0 atom stereocenters. The van der Waals surface area contributed by atoms with E-state index >= 15 is 0 Å². The van der Waals surface area contributed by atoms with Gasteiger partial charge in [-0.2, -0.15) is 0 Å². The fraction of sp³-hybridized carbons (Fsp3) is 0. The molecule has 0 aliphatic rings. The Bertz CT molecular complexity index is 3150. The van der Waals surface area contributed by atoms with Gasteiger partial charge in [0.2, 0.25) is 0 Å². The molecule has 0 aliphatic carbocycles. The lowest BCUT2D eigenvalue weighted by Crippen LogP contribution is -2.13. The van der Waals surface area contributed by atoms with Gasteiger partial charge in [0.25, 0.3) is 0 Å². The molecule has 0 fully saturated rings. The lowest BCUT2D eigenvalue weighted by Gasteiger charge is -2.29. The molecule has 2 nitrogen and oxygen atoms in total. The van der Waals surface area contributed by atoms with Crippen LogP contribution in [0.3, 0.4) is 0 Å². The van der Waals surface area contributed by atoms with E-state index in [0.717, 1.165) is 22.7 Å². The Labute approximate surface area is 323 Å². The van der Waals surface area contributed by atoms with Crippen molar-refractivity contribution in [2.45, 2.75) is 0 Å². The number of nitrogens with zero attached hydrogens (tertiary/aromatic N) is 2. The molecule has 2 heterocycles. The van der Waals surface area contributed by atoms with E-state index < -0.39 is 0 Å². The molecular formula is C52H34N2S. The van der Waals surface area contributed by atoms with Gasteiger partial charge in [0, 0.05) is 36.6 Å². The van der Waals surface area contributed by atoms with Gasteiger partial charge in [0.15, 0.2) is 0 Å². The molecule has 11 rings (SSSR count). The van der Waals surface area contributed by atoms with Crippen molar-refractivity contribution in [1.29, 1.82) is 0 Å². The molecule has 0 unspecified atom stereocenters. The number of para-hydroxylation sites is 4. The van der Waals surface area contributed by atoms with E-state index in [1.807, 2.05) is 11.3 Å². The highest BCUT2D eigenvalue weighted by atomic mass is 32.1. The average molecular weight is 719 g/mol. The van der Waals surface area contributed by atoms with E-state index in [1.54, 1.807) is 0 Å². The molecule has 258 valence electrons. The number of rotatable bonds is 6. The summed E-state index contributed by atoms with van der Waals surface area (Å²) in [5.74, 6) is 0. The molecule has 2 aromatic heterocycles. The Morgan fingerprint density at radius 3 is 1.64 bits per heavy atom.